The Morgan fingerprint density at radius 2 is 2.05 bits per heavy atom. The predicted octanol–water partition coefficient (Wildman–Crippen LogP) is 3.69. The van der Waals surface area contributed by atoms with Crippen molar-refractivity contribution >= 4 is 34.7 Å². The van der Waals surface area contributed by atoms with Crippen LogP contribution < -0.4 is 10.6 Å². The summed E-state index contributed by atoms with van der Waals surface area (Å²) in [4.78, 5) is 10.2. The van der Waals surface area contributed by atoms with Crippen molar-refractivity contribution in [1.82, 2.24) is 9.97 Å². The van der Waals surface area contributed by atoms with Crippen LogP contribution in [0.3, 0.4) is 0 Å². The monoisotopic (exact) mass is 294 g/mol. The molecule has 2 heterocycles. The average Bonchev–Trinajstić information content (AvgIpc) is 2.96. The van der Waals surface area contributed by atoms with Crippen LogP contribution >= 0.6 is 23.1 Å². The molecule has 0 radical (unpaired) electrons. The summed E-state index contributed by atoms with van der Waals surface area (Å²) in [6, 6.07) is 6.14. The summed E-state index contributed by atoms with van der Waals surface area (Å²) in [5.74, 6) is 1.75. The van der Waals surface area contributed by atoms with Gasteiger partial charge in [-0.3, -0.25) is 0 Å². The Bertz CT molecular complexity index is 499. The van der Waals surface area contributed by atoms with E-state index < -0.39 is 0 Å². The Labute approximate surface area is 122 Å². The molecule has 0 saturated carbocycles. The van der Waals surface area contributed by atoms with Crippen molar-refractivity contribution in [2.45, 2.75) is 25.0 Å². The van der Waals surface area contributed by atoms with Crippen molar-refractivity contribution in [3.05, 3.63) is 28.5 Å². The number of thioether (sulfide) groups is 1. The maximum atomic E-state index is 4.46. The second-order valence-electron chi connectivity index (χ2n) is 3.98. The van der Waals surface area contributed by atoms with Crippen molar-refractivity contribution < 1.29 is 0 Å². The van der Waals surface area contributed by atoms with Crippen LogP contribution in [0.5, 0.6) is 0 Å². The molecule has 0 unspecified atom stereocenters. The first kappa shape index (κ1) is 14.1. The summed E-state index contributed by atoms with van der Waals surface area (Å²) in [6.07, 6.45) is 3.07. The molecular formula is C13H18N4S2. The van der Waals surface area contributed by atoms with E-state index in [4.69, 9.17) is 0 Å². The minimum atomic E-state index is 0.787. The Balaban J connectivity index is 2.05. The van der Waals surface area contributed by atoms with E-state index in [2.05, 4.69) is 45.0 Å². The van der Waals surface area contributed by atoms with E-state index in [9.17, 15) is 0 Å². The van der Waals surface area contributed by atoms with Gasteiger partial charge in [0, 0.05) is 17.5 Å². The standard InChI is InChI=1S/C13H18N4S2/c1-3-6-14-11-8-12(17-13(16-11)18-2)15-9-10-5-4-7-19-10/h4-5,7-8H,3,6,9H2,1-2H3,(H2,14,15,16,17). The fraction of sp³-hybridized carbons (Fsp3) is 0.385. The molecule has 0 bridgehead atoms. The third-order valence-electron chi connectivity index (χ3n) is 2.47. The van der Waals surface area contributed by atoms with Crippen LogP contribution in [-0.4, -0.2) is 22.8 Å². The van der Waals surface area contributed by atoms with Crippen LogP contribution in [0.25, 0.3) is 0 Å². The van der Waals surface area contributed by atoms with Crippen molar-refractivity contribution in [3.63, 3.8) is 0 Å². The first-order chi connectivity index (χ1) is 9.31. The van der Waals surface area contributed by atoms with Crippen molar-refractivity contribution in [2.75, 3.05) is 23.4 Å². The van der Waals surface area contributed by atoms with Gasteiger partial charge in [0.2, 0.25) is 0 Å². The van der Waals surface area contributed by atoms with E-state index in [0.29, 0.717) is 0 Å². The highest BCUT2D eigenvalue weighted by atomic mass is 32.2. The molecule has 0 aliphatic carbocycles. The van der Waals surface area contributed by atoms with E-state index in [-0.39, 0.29) is 0 Å². The quantitative estimate of drug-likeness (QED) is 0.602. The Morgan fingerprint density at radius 3 is 2.68 bits per heavy atom. The molecule has 0 aromatic carbocycles. The Kier molecular flexibility index (Phi) is 5.47. The molecule has 19 heavy (non-hydrogen) atoms. The lowest BCUT2D eigenvalue weighted by atomic mass is 10.4. The number of thiophene rings is 1. The van der Waals surface area contributed by atoms with E-state index >= 15 is 0 Å². The van der Waals surface area contributed by atoms with Gasteiger partial charge in [0.25, 0.3) is 0 Å². The van der Waals surface area contributed by atoms with Gasteiger partial charge in [-0.2, -0.15) is 0 Å². The first-order valence-corrected chi connectivity index (χ1v) is 8.35. The van der Waals surface area contributed by atoms with E-state index in [0.717, 1.165) is 36.3 Å². The fourth-order valence-corrected chi connectivity index (χ4v) is 2.57. The lowest BCUT2D eigenvalue weighted by Crippen LogP contribution is -2.06. The van der Waals surface area contributed by atoms with Crippen molar-refractivity contribution in [3.8, 4) is 0 Å². The molecular weight excluding hydrogens is 276 g/mol. The highest BCUT2D eigenvalue weighted by Gasteiger charge is 2.04. The highest BCUT2D eigenvalue weighted by Crippen LogP contribution is 2.18. The summed E-state index contributed by atoms with van der Waals surface area (Å²) < 4.78 is 0. The molecule has 102 valence electrons. The third kappa shape index (κ3) is 4.40. The van der Waals surface area contributed by atoms with Gasteiger partial charge in [0.1, 0.15) is 11.6 Å². The minimum absolute atomic E-state index is 0.787. The molecule has 0 fully saturated rings. The molecule has 2 N–H and O–H groups in total. The molecule has 0 spiro atoms. The molecule has 0 amide bonds. The zero-order chi connectivity index (χ0) is 13.5. The van der Waals surface area contributed by atoms with E-state index in [1.807, 2.05) is 12.3 Å². The molecule has 4 nitrogen and oxygen atoms in total. The molecule has 0 aliphatic rings. The SMILES string of the molecule is CCCNc1cc(NCc2cccs2)nc(SC)n1. The first-order valence-electron chi connectivity index (χ1n) is 6.25. The summed E-state index contributed by atoms with van der Waals surface area (Å²) in [5.41, 5.74) is 0. The van der Waals surface area contributed by atoms with Crippen molar-refractivity contribution in [1.29, 1.82) is 0 Å². The summed E-state index contributed by atoms with van der Waals surface area (Å²) in [5, 5.41) is 9.51. The van der Waals surface area contributed by atoms with Gasteiger partial charge in [-0.25, -0.2) is 9.97 Å². The lowest BCUT2D eigenvalue weighted by Gasteiger charge is -2.09. The van der Waals surface area contributed by atoms with E-state index in [1.54, 1.807) is 23.1 Å². The maximum absolute atomic E-state index is 4.46. The van der Waals surface area contributed by atoms with Gasteiger partial charge in [0.05, 0.1) is 6.54 Å². The number of hydrogen-bond donors (Lipinski definition) is 2. The second-order valence-corrected chi connectivity index (χ2v) is 5.79. The molecule has 2 aromatic heterocycles. The molecule has 2 rings (SSSR count). The Morgan fingerprint density at radius 1 is 1.26 bits per heavy atom. The number of aromatic nitrogens is 2. The number of nitrogens with zero attached hydrogens (tertiary/aromatic N) is 2. The predicted molar refractivity (Wildman–Crippen MR) is 84.2 cm³/mol. The zero-order valence-corrected chi connectivity index (χ0v) is 12.8. The van der Waals surface area contributed by atoms with Gasteiger partial charge in [-0.1, -0.05) is 24.8 Å². The summed E-state index contributed by atoms with van der Waals surface area (Å²) in [7, 11) is 0. The topological polar surface area (TPSA) is 49.8 Å². The minimum Gasteiger partial charge on any atom is -0.370 e. The van der Waals surface area contributed by atoms with Gasteiger partial charge >= 0.3 is 0 Å². The summed E-state index contributed by atoms with van der Waals surface area (Å²) >= 11 is 3.30. The molecule has 6 heteroatoms. The largest absolute Gasteiger partial charge is 0.370 e. The molecule has 0 saturated heterocycles. The molecule has 2 aromatic rings. The number of rotatable bonds is 7. The lowest BCUT2D eigenvalue weighted by molar-refractivity contribution is 0.923. The van der Waals surface area contributed by atoms with Crippen LogP contribution in [0.1, 0.15) is 18.2 Å². The molecule has 0 aliphatic heterocycles. The van der Waals surface area contributed by atoms with Crippen LogP contribution in [-0.2, 0) is 6.54 Å². The number of nitrogens with one attached hydrogen (secondary N) is 2. The number of anilines is 2. The highest BCUT2D eigenvalue weighted by molar-refractivity contribution is 7.98. The van der Waals surface area contributed by atoms with E-state index in [1.165, 1.54) is 4.88 Å². The van der Waals surface area contributed by atoms with Gasteiger partial charge in [-0.05, 0) is 24.1 Å². The summed E-state index contributed by atoms with van der Waals surface area (Å²) in [6.45, 7) is 3.87. The maximum Gasteiger partial charge on any atom is 0.191 e. The van der Waals surface area contributed by atoms with Crippen LogP contribution in [0, 0.1) is 0 Å². The fourth-order valence-electron chi connectivity index (χ4n) is 1.54. The Hall–Kier alpha value is -1.27. The van der Waals surface area contributed by atoms with Gasteiger partial charge in [0.15, 0.2) is 5.16 Å². The second kappa shape index (κ2) is 7.35. The van der Waals surface area contributed by atoms with Gasteiger partial charge < -0.3 is 10.6 Å². The zero-order valence-electron chi connectivity index (χ0n) is 11.1. The number of hydrogen-bond acceptors (Lipinski definition) is 6. The van der Waals surface area contributed by atoms with Crippen LogP contribution in [0.2, 0.25) is 0 Å². The van der Waals surface area contributed by atoms with Crippen LogP contribution in [0.15, 0.2) is 28.7 Å². The molecule has 0 atom stereocenters. The van der Waals surface area contributed by atoms with Crippen LogP contribution in [0.4, 0.5) is 11.6 Å². The smallest absolute Gasteiger partial charge is 0.191 e. The van der Waals surface area contributed by atoms with Gasteiger partial charge in [-0.15, -0.1) is 11.3 Å². The average molecular weight is 294 g/mol. The van der Waals surface area contributed by atoms with Crippen molar-refractivity contribution in [2.24, 2.45) is 0 Å². The third-order valence-corrected chi connectivity index (χ3v) is 3.89. The normalized spacial score (nSPS) is 10.4.